The van der Waals surface area contributed by atoms with E-state index in [9.17, 15) is 0 Å². The molecule has 0 bridgehead atoms. The topological polar surface area (TPSA) is 52.1 Å². The lowest BCUT2D eigenvalue weighted by Gasteiger charge is -2.13. The first-order valence-electron chi connectivity index (χ1n) is 5.46. The minimum atomic E-state index is 0.420. The third-order valence-electron chi connectivity index (χ3n) is 2.47. The van der Waals surface area contributed by atoms with Crippen molar-refractivity contribution >= 4 is 5.84 Å². The van der Waals surface area contributed by atoms with Crippen LogP contribution in [0, 0.1) is 0 Å². The Morgan fingerprint density at radius 3 is 2.71 bits per heavy atom. The van der Waals surface area contributed by atoms with Gasteiger partial charge in [0.25, 0.3) is 0 Å². The largest absolute Gasteiger partial charge is 0.493 e. The standard InChI is InChI=1S/C12H16N2O3/c1-15-9-4-3-5-10(12(9)16-2)17-8-11-13-6-7-14-11/h3-5H,6-8H2,1-2H3,(H,13,14). The zero-order valence-electron chi connectivity index (χ0n) is 10.0. The lowest BCUT2D eigenvalue weighted by molar-refractivity contribution is 0.312. The summed E-state index contributed by atoms with van der Waals surface area (Å²) in [5.74, 6) is 2.79. The number of benzene rings is 1. The van der Waals surface area contributed by atoms with Gasteiger partial charge in [-0.25, -0.2) is 0 Å². The van der Waals surface area contributed by atoms with Gasteiger partial charge in [-0.1, -0.05) is 6.07 Å². The van der Waals surface area contributed by atoms with Gasteiger partial charge in [-0.2, -0.15) is 0 Å². The van der Waals surface area contributed by atoms with Crippen LogP contribution in [0.15, 0.2) is 23.2 Å². The van der Waals surface area contributed by atoms with Crippen LogP contribution in [0.4, 0.5) is 0 Å². The zero-order chi connectivity index (χ0) is 12.1. The minimum absolute atomic E-state index is 0.420. The summed E-state index contributed by atoms with van der Waals surface area (Å²) >= 11 is 0. The molecule has 1 aromatic carbocycles. The maximum atomic E-state index is 5.66. The van der Waals surface area contributed by atoms with E-state index in [2.05, 4.69) is 10.3 Å². The highest BCUT2D eigenvalue weighted by Gasteiger charge is 2.12. The van der Waals surface area contributed by atoms with Crippen molar-refractivity contribution in [1.29, 1.82) is 0 Å². The van der Waals surface area contributed by atoms with Gasteiger partial charge >= 0.3 is 0 Å². The predicted molar refractivity (Wildman–Crippen MR) is 65.3 cm³/mol. The Bertz CT molecular complexity index is 418. The molecule has 0 aromatic heterocycles. The summed E-state index contributed by atoms with van der Waals surface area (Å²) < 4.78 is 16.1. The highest BCUT2D eigenvalue weighted by molar-refractivity contribution is 5.85. The first kappa shape index (κ1) is 11.6. The maximum absolute atomic E-state index is 5.66. The second-order valence-electron chi connectivity index (χ2n) is 3.54. The molecule has 1 N–H and O–H groups in total. The Morgan fingerprint density at radius 1 is 1.24 bits per heavy atom. The van der Waals surface area contributed by atoms with Gasteiger partial charge < -0.3 is 19.5 Å². The third-order valence-corrected chi connectivity index (χ3v) is 2.47. The molecular weight excluding hydrogens is 220 g/mol. The summed E-state index contributed by atoms with van der Waals surface area (Å²) in [5.41, 5.74) is 0. The Morgan fingerprint density at radius 2 is 2.06 bits per heavy atom. The van der Waals surface area contributed by atoms with Crippen LogP contribution in [0.25, 0.3) is 0 Å². The van der Waals surface area contributed by atoms with Gasteiger partial charge in [0.1, 0.15) is 12.4 Å². The molecule has 0 saturated carbocycles. The molecule has 1 heterocycles. The Labute approximate surface area is 100 Å². The van der Waals surface area contributed by atoms with E-state index in [4.69, 9.17) is 14.2 Å². The molecule has 17 heavy (non-hydrogen) atoms. The number of rotatable bonds is 5. The highest BCUT2D eigenvalue weighted by Crippen LogP contribution is 2.36. The fourth-order valence-corrected chi connectivity index (χ4v) is 1.66. The van der Waals surface area contributed by atoms with Crippen molar-refractivity contribution in [3.63, 3.8) is 0 Å². The Kier molecular flexibility index (Phi) is 3.69. The fraction of sp³-hybridized carbons (Fsp3) is 0.417. The van der Waals surface area contributed by atoms with E-state index < -0.39 is 0 Å². The molecule has 5 heteroatoms. The van der Waals surface area contributed by atoms with Gasteiger partial charge in [-0.15, -0.1) is 0 Å². The normalized spacial score (nSPS) is 13.9. The van der Waals surface area contributed by atoms with E-state index in [1.54, 1.807) is 14.2 Å². The maximum Gasteiger partial charge on any atom is 0.203 e. The molecule has 0 amide bonds. The fourth-order valence-electron chi connectivity index (χ4n) is 1.66. The number of amidine groups is 1. The molecule has 1 aromatic rings. The van der Waals surface area contributed by atoms with Crippen LogP contribution >= 0.6 is 0 Å². The molecule has 0 spiro atoms. The smallest absolute Gasteiger partial charge is 0.203 e. The van der Waals surface area contributed by atoms with Crippen molar-refractivity contribution in [1.82, 2.24) is 5.32 Å². The van der Waals surface area contributed by atoms with Crippen LogP contribution < -0.4 is 19.5 Å². The third kappa shape index (κ3) is 2.61. The molecule has 0 unspecified atom stereocenters. The second-order valence-corrected chi connectivity index (χ2v) is 3.54. The monoisotopic (exact) mass is 236 g/mol. The van der Waals surface area contributed by atoms with Crippen molar-refractivity contribution in [2.75, 3.05) is 33.9 Å². The van der Waals surface area contributed by atoms with Gasteiger partial charge in [-0.3, -0.25) is 4.99 Å². The molecular formula is C12H16N2O3. The molecule has 0 fully saturated rings. The number of methoxy groups -OCH3 is 2. The predicted octanol–water partition coefficient (Wildman–Crippen LogP) is 1.08. The summed E-state index contributed by atoms with van der Waals surface area (Å²) in [6.45, 7) is 2.12. The van der Waals surface area contributed by atoms with Gasteiger partial charge in [0.2, 0.25) is 5.75 Å². The molecule has 5 nitrogen and oxygen atoms in total. The van der Waals surface area contributed by atoms with Crippen LogP contribution in [-0.4, -0.2) is 39.8 Å². The molecule has 2 rings (SSSR count). The quantitative estimate of drug-likeness (QED) is 0.831. The number of nitrogens with zero attached hydrogens (tertiary/aromatic N) is 1. The zero-order valence-corrected chi connectivity index (χ0v) is 10.0. The number of ether oxygens (including phenoxy) is 3. The minimum Gasteiger partial charge on any atom is -0.493 e. The average Bonchev–Trinajstić information content (AvgIpc) is 2.88. The number of nitrogens with one attached hydrogen (secondary N) is 1. The van der Waals surface area contributed by atoms with E-state index in [1.807, 2.05) is 18.2 Å². The summed E-state index contributed by atoms with van der Waals surface area (Å²) in [7, 11) is 3.19. The van der Waals surface area contributed by atoms with Crippen molar-refractivity contribution < 1.29 is 14.2 Å². The van der Waals surface area contributed by atoms with Gasteiger partial charge in [0.05, 0.1) is 20.8 Å². The first-order chi connectivity index (χ1) is 8.35. The highest BCUT2D eigenvalue weighted by atomic mass is 16.5. The first-order valence-corrected chi connectivity index (χ1v) is 5.46. The van der Waals surface area contributed by atoms with Crippen LogP contribution in [0.3, 0.4) is 0 Å². The van der Waals surface area contributed by atoms with Gasteiger partial charge in [-0.05, 0) is 12.1 Å². The SMILES string of the molecule is COc1cccc(OCC2=NCCN2)c1OC. The number of aliphatic imine (C=N–C) groups is 1. The number of hydrogen-bond acceptors (Lipinski definition) is 5. The van der Waals surface area contributed by atoms with Crippen LogP contribution in [0.5, 0.6) is 17.2 Å². The molecule has 92 valence electrons. The van der Waals surface area contributed by atoms with Gasteiger partial charge in [0.15, 0.2) is 11.5 Å². The summed E-state index contributed by atoms with van der Waals surface area (Å²) in [6, 6.07) is 5.54. The molecule has 1 aliphatic rings. The van der Waals surface area contributed by atoms with E-state index >= 15 is 0 Å². The van der Waals surface area contributed by atoms with E-state index in [0.29, 0.717) is 23.9 Å². The Balaban J connectivity index is 2.08. The van der Waals surface area contributed by atoms with Crippen LogP contribution in [0.1, 0.15) is 0 Å². The lowest BCUT2D eigenvalue weighted by atomic mass is 10.3. The van der Waals surface area contributed by atoms with Crippen LogP contribution in [0.2, 0.25) is 0 Å². The average molecular weight is 236 g/mol. The molecule has 1 aliphatic heterocycles. The van der Waals surface area contributed by atoms with Crippen molar-refractivity contribution in [3.05, 3.63) is 18.2 Å². The van der Waals surface area contributed by atoms with Gasteiger partial charge in [0, 0.05) is 6.54 Å². The second kappa shape index (κ2) is 5.43. The number of para-hydroxylation sites is 1. The van der Waals surface area contributed by atoms with Crippen LogP contribution in [-0.2, 0) is 0 Å². The molecule has 0 aliphatic carbocycles. The van der Waals surface area contributed by atoms with Crippen molar-refractivity contribution in [3.8, 4) is 17.2 Å². The summed E-state index contributed by atoms with van der Waals surface area (Å²) in [4.78, 5) is 4.26. The molecule has 0 atom stereocenters. The molecule has 0 saturated heterocycles. The summed E-state index contributed by atoms with van der Waals surface area (Å²) in [5, 5.41) is 3.15. The van der Waals surface area contributed by atoms with E-state index in [0.717, 1.165) is 18.9 Å². The van der Waals surface area contributed by atoms with E-state index in [1.165, 1.54) is 0 Å². The van der Waals surface area contributed by atoms with E-state index in [-0.39, 0.29) is 0 Å². The lowest BCUT2D eigenvalue weighted by Crippen LogP contribution is -2.24. The van der Waals surface area contributed by atoms with Crippen molar-refractivity contribution in [2.45, 2.75) is 0 Å². The molecule has 0 radical (unpaired) electrons. The summed E-state index contributed by atoms with van der Waals surface area (Å²) in [6.07, 6.45) is 0. The van der Waals surface area contributed by atoms with Crippen molar-refractivity contribution in [2.24, 2.45) is 4.99 Å². The number of hydrogen-bond donors (Lipinski definition) is 1. The Hall–Kier alpha value is -1.91.